The van der Waals surface area contributed by atoms with E-state index in [0.717, 1.165) is 32.4 Å². The topological polar surface area (TPSA) is 60.9 Å². The van der Waals surface area contributed by atoms with Crippen LogP contribution in [0.15, 0.2) is 35.2 Å². The third-order valence-electron chi connectivity index (χ3n) is 4.52. The molecule has 2 fully saturated rings. The van der Waals surface area contributed by atoms with Crippen molar-refractivity contribution < 1.29 is 13.5 Å². The minimum Gasteiger partial charge on any atom is -0.392 e. The molecule has 0 radical (unpaired) electrons. The third-order valence-corrected chi connectivity index (χ3v) is 6.43. The Morgan fingerprint density at radius 3 is 2.24 bits per heavy atom. The van der Waals surface area contributed by atoms with Gasteiger partial charge in [-0.2, -0.15) is 4.31 Å². The highest BCUT2D eigenvalue weighted by molar-refractivity contribution is 7.89. The van der Waals surface area contributed by atoms with Crippen molar-refractivity contribution >= 4 is 10.0 Å². The van der Waals surface area contributed by atoms with Crippen molar-refractivity contribution in [1.29, 1.82) is 0 Å². The number of benzene rings is 1. The van der Waals surface area contributed by atoms with Gasteiger partial charge in [-0.05, 0) is 31.4 Å². The molecule has 0 amide bonds. The molecule has 0 aliphatic carbocycles. The fourth-order valence-electron chi connectivity index (χ4n) is 3.29. The van der Waals surface area contributed by atoms with Crippen molar-refractivity contribution in [3.05, 3.63) is 30.3 Å². The number of hydrogen-bond donors (Lipinski definition) is 1. The molecule has 0 bridgehead atoms. The third kappa shape index (κ3) is 3.13. The molecule has 6 heteroatoms. The zero-order valence-electron chi connectivity index (χ0n) is 12.1. The number of nitrogens with zero attached hydrogens (tertiary/aromatic N) is 2. The smallest absolute Gasteiger partial charge is 0.243 e. The van der Waals surface area contributed by atoms with Crippen LogP contribution >= 0.6 is 0 Å². The molecule has 3 rings (SSSR count). The maximum absolute atomic E-state index is 12.5. The molecule has 1 atom stereocenters. The van der Waals surface area contributed by atoms with Crippen LogP contribution in [0, 0.1) is 0 Å². The minimum absolute atomic E-state index is 0.212. The van der Waals surface area contributed by atoms with E-state index in [1.165, 1.54) is 0 Å². The minimum atomic E-state index is -3.35. The average Bonchev–Trinajstić information content (AvgIpc) is 2.95. The number of aliphatic hydroxyl groups excluding tert-OH is 1. The highest BCUT2D eigenvalue weighted by atomic mass is 32.2. The molecule has 2 saturated heterocycles. The fraction of sp³-hybridized carbons (Fsp3) is 0.600. The largest absolute Gasteiger partial charge is 0.392 e. The summed E-state index contributed by atoms with van der Waals surface area (Å²) >= 11 is 0. The number of rotatable bonds is 3. The molecule has 2 aliphatic rings. The van der Waals surface area contributed by atoms with Gasteiger partial charge >= 0.3 is 0 Å². The van der Waals surface area contributed by atoms with Gasteiger partial charge in [-0.3, -0.25) is 4.90 Å². The normalized spacial score (nSPS) is 26.2. The van der Waals surface area contributed by atoms with Crippen LogP contribution in [0.5, 0.6) is 0 Å². The number of likely N-dealkylation sites (tertiary alicyclic amines) is 1. The predicted molar refractivity (Wildman–Crippen MR) is 80.4 cm³/mol. The monoisotopic (exact) mass is 310 g/mol. The van der Waals surface area contributed by atoms with Crippen molar-refractivity contribution in [2.75, 3.05) is 26.2 Å². The van der Waals surface area contributed by atoms with Gasteiger partial charge in [0, 0.05) is 32.2 Å². The van der Waals surface area contributed by atoms with Gasteiger partial charge in [0.1, 0.15) is 0 Å². The summed E-state index contributed by atoms with van der Waals surface area (Å²) in [5.41, 5.74) is 0. The van der Waals surface area contributed by atoms with E-state index in [1.807, 2.05) is 6.07 Å². The first kappa shape index (κ1) is 15.0. The Bertz CT molecular complexity index is 568. The van der Waals surface area contributed by atoms with Gasteiger partial charge in [0.2, 0.25) is 10.0 Å². The molecule has 0 unspecified atom stereocenters. The van der Waals surface area contributed by atoms with Crippen LogP contribution in [0.1, 0.15) is 19.3 Å². The van der Waals surface area contributed by atoms with E-state index in [4.69, 9.17) is 0 Å². The van der Waals surface area contributed by atoms with Crippen LogP contribution in [0.4, 0.5) is 0 Å². The SMILES string of the molecule is O=S(=O)(c1ccccc1)N1CCC(N2CC[C@H](O)C2)CC1. The second-order valence-electron chi connectivity index (χ2n) is 5.89. The summed E-state index contributed by atoms with van der Waals surface area (Å²) in [5.74, 6) is 0. The van der Waals surface area contributed by atoms with E-state index >= 15 is 0 Å². The molecule has 2 heterocycles. The highest BCUT2D eigenvalue weighted by Crippen LogP contribution is 2.25. The summed E-state index contributed by atoms with van der Waals surface area (Å²) in [7, 11) is -3.35. The molecule has 2 aliphatic heterocycles. The molecule has 1 aromatic carbocycles. The Labute approximate surface area is 126 Å². The summed E-state index contributed by atoms with van der Waals surface area (Å²) in [6, 6.07) is 9.04. The van der Waals surface area contributed by atoms with Crippen molar-refractivity contribution in [3.8, 4) is 0 Å². The van der Waals surface area contributed by atoms with E-state index < -0.39 is 10.0 Å². The summed E-state index contributed by atoms with van der Waals surface area (Å²) in [6.07, 6.45) is 2.32. The molecule has 1 N–H and O–H groups in total. The molecule has 0 spiro atoms. The molecule has 0 saturated carbocycles. The Morgan fingerprint density at radius 2 is 1.67 bits per heavy atom. The zero-order chi connectivity index (χ0) is 14.9. The van der Waals surface area contributed by atoms with Gasteiger partial charge in [0.15, 0.2) is 0 Å². The van der Waals surface area contributed by atoms with Crippen LogP contribution in [-0.4, -0.2) is 61.1 Å². The lowest BCUT2D eigenvalue weighted by molar-refractivity contribution is 0.132. The quantitative estimate of drug-likeness (QED) is 0.901. The maximum Gasteiger partial charge on any atom is 0.243 e. The number of aliphatic hydroxyl groups is 1. The Balaban J connectivity index is 1.63. The van der Waals surface area contributed by atoms with Crippen LogP contribution in [0.3, 0.4) is 0 Å². The Kier molecular flexibility index (Phi) is 4.31. The average molecular weight is 310 g/mol. The van der Waals surface area contributed by atoms with Crippen LogP contribution in [0.25, 0.3) is 0 Å². The second kappa shape index (κ2) is 6.04. The van der Waals surface area contributed by atoms with E-state index in [-0.39, 0.29) is 6.10 Å². The van der Waals surface area contributed by atoms with Crippen LogP contribution in [-0.2, 0) is 10.0 Å². The van der Waals surface area contributed by atoms with Crippen molar-refractivity contribution in [3.63, 3.8) is 0 Å². The van der Waals surface area contributed by atoms with Crippen LogP contribution < -0.4 is 0 Å². The standard InChI is InChI=1S/C15H22N2O3S/c18-14-8-9-16(12-14)13-6-10-17(11-7-13)21(19,20)15-4-2-1-3-5-15/h1-5,13-14,18H,6-12H2/t14-/m0/s1. The second-order valence-corrected chi connectivity index (χ2v) is 7.82. The first-order chi connectivity index (χ1) is 10.1. The number of piperidine rings is 1. The van der Waals surface area contributed by atoms with Gasteiger partial charge in [-0.1, -0.05) is 18.2 Å². The fourth-order valence-corrected chi connectivity index (χ4v) is 4.78. The van der Waals surface area contributed by atoms with Gasteiger partial charge in [0.25, 0.3) is 0 Å². The number of hydrogen-bond acceptors (Lipinski definition) is 4. The van der Waals surface area contributed by atoms with Crippen molar-refractivity contribution in [2.24, 2.45) is 0 Å². The molecule has 21 heavy (non-hydrogen) atoms. The summed E-state index contributed by atoms with van der Waals surface area (Å²) in [4.78, 5) is 2.68. The summed E-state index contributed by atoms with van der Waals surface area (Å²) in [6.45, 7) is 2.79. The van der Waals surface area contributed by atoms with E-state index in [2.05, 4.69) is 4.90 Å². The molecule has 5 nitrogen and oxygen atoms in total. The molecule has 1 aromatic rings. The van der Waals surface area contributed by atoms with Crippen LogP contribution in [0.2, 0.25) is 0 Å². The maximum atomic E-state index is 12.5. The van der Waals surface area contributed by atoms with Crippen molar-refractivity contribution in [2.45, 2.75) is 36.3 Å². The lowest BCUT2D eigenvalue weighted by Crippen LogP contribution is -2.46. The van der Waals surface area contributed by atoms with Crippen molar-refractivity contribution in [1.82, 2.24) is 9.21 Å². The predicted octanol–water partition coefficient (Wildman–Crippen LogP) is 0.906. The summed E-state index contributed by atoms with van der Waals surface area (Å²) < 4.78 is 26.7. The molecular weight excluding hydrogens is 288 g/mol. The Morgan fingerprint density at radius 1 is 1.00 bits per heavy atom. The zero-order valence-corrected chi connectivity index (χ0v) is 12.9. The lowest BCUT2D eigenvalue weighted by atomic mass is 10.1. The highest BCUT2D eigenvalue weighted by Gasteiger charge is 2.33. The van der Waals surface area contributed by atoms with Gasteiger partial charge in [-0.15, -0.1) is 0 Å². The van der Waals surface area contributed by atoms with E-state index in [9.17, 15) is 13.5 Å². The number of sulfonamides is 1. The molecule has 0 aromatic heterocycles. The van der Waals surface area contributed by atoms with Gasteiger partial charge in [-0.25, -0.2) is 8.42 Å². The molecular formula is C15H22N2O3S. The van der Waals surface area contributed by atoms with E-state index in [0.29, 0.717) is 24.0 Å². The Hall–Kier alpha value is -0.950. The summed E-state index contributed by atoms with van der Waals surface area (Å²) in [5, 5.41) is 9.61. The number of β-amino-alcohol motifs (C(OH)–C–C–N with tert-alkyl or cyclic N) is 1. The lowest BCUT2D eigenvalue weighted by Gasteiger charge is -2.36. The first-order valence-corrected chi connectivity index (χ1v) is 8.99. The van der Waals surface area contributed by atoms with Gasteiger partial charge < -0.3 is 5.11 Å². The van der Waals surface area contributed by atoms with E-state index in [1.54, 1.807) is 28.6 Å². The first-order valence-electron chi connectivity index (χ1n) is 7.55. The molecule has 116 valence electrons. The van der Waals surface area contributed by atoms with Gasteiger partial charge in [0.05, 0.1) is 11.0 Å².